The van der Waals surface area contributed by atoms with Crippen molar-refractivity contribution in [3.05, 3.63) is 41.6 Å². The molecular weight excluding hydrogens is 256 g/mol. The molecule has 20 heavy (non-hydrogen) atoms. The van der Waals surface area contributed by atoms with E-state index >= 15 is 0 Å². The first-order chi connectivity index (χ1) is 9.74. The van der Waals surface area contributed by atoms with Crippen LogP contribution in [0.15, 0.2) is 30.3 Å². The molecule has 8 nitrogen and oxygen atoms in total. The second kappa shape index (κ2) is 4.92. The van der Waals surface area contributed by atoms with E-state index in [0.29, 0.717) is 23.5 Å². The number of nitrogens with zero attached hydrogens (tertiary/aromatic N) is 5. The van der Waals surface area contributed by atoms with Crippen LogP contribution in [-0.2, 0) is 6.42 Å². The van der Waals surface area contributed by atoms with Crippen molar-refractivity contribution in [3.63, 3.8) is 0 Å². The zero-order valence-corrected chi connectivity index (χ0v) is 10.5. The second-order valence-electron chi connectivity index (χ2n) is 4.19. The van der Waals surface area contributed by atoms with E-state index in [4.69, 9.17) is 11.5 Å². The smallest absolute Gasteiger partial charge is 0.222 e. The third-order valence-electron chi connectivity index (χ3n) is 2.81. The number of hydrogen-bond acceptors (Lipinski definition) is 7. The van der Waals surface area contributed by atoms with E-state index < -0.39 is 0 Å². The fourth-order valence-corrected chi connectivity index (χ4v) is 1.97. The number of benzene rings is 1. The zero-order chi connectivity index (χ0) is 13.9. The Morgan fingerprint density at radius 3 is 2.55 bits per heavy atom. The molecule has 2 aromatic heterocycles. The summed E-state index contributed by atoms with van der Waals surface area (Å²) in [7, 11) is 0. The summed E-state index contributed by atoms with van der Waals surface area (Å²) in [5.41, 5.74) is 13.9. The van der Waals surface area contributed by atoms with Gasteiger partial charge >= 0.3 is 0 Å². The minimum Gasteiger partial charge on any atom is -0.383 e. The molecule has 5 N–H and O–H groups in total. The van der Waals surface area contributed by atoms with Gasteiger partial charge in [0.2, 0.25) is 11.8 Å². The lowest BCUT2D eigenvalue weighted by Gasteiger charge is -2.09. The van der Waals surface area contributed by atoms with Crippen LogP contribution in [0.25, 0.3) is 11.4 Å². The Morgan fingerprint density at radius 2 is 1.85 bits per heavy atom. The summed E-state index contributed by atoms with van der Waals surface area (Å²) in [6, 6.07) is 9.85. The van der Waals surface area contributed by atoms with Gasteiger partial charge in [0.1, 0.15) is 5.82 Å². The molecule has 0 unspecified atom stereocenters. The van der Waals surface area contributed by atoms with Gasteiger partial charge in [-0.2, -0.15) is 10.2 Å². The maximum atomic E-state index is 5.91. The topological polar surface area (TPSA) is 132 Å². The third kappa shape index (κ3) is 2.26. The molecule has 0 aliphatic rings. The van der Waals surface area contributed by atoms with Gasteiger partial charge in [-0.3, -0.25) is 0 Å². The Labute approximate surface area is 114 Å². The van der Waals surface area contributed by atoms with E-state index in [1.54, 1.807) is 0 Å². The fraction of sp³-hybridized carbons (Fsp3) is 0.0833. The Bertz CT molecular complexity index is 708. The highest BCUT2D eigenvalue weighted by atomic mass is 15.5. The van der Waals surface area contributed by atoms with Crippen LogP contribution in [0.2, 0.25) is 0 Å². The zero-order valence-electron chi connectivity index (χ0n) is 10.5. The van der Waals surface area contributed by atoms with Crippen molar-refractivity contribution in [1.82, 2.24) is 30.6 Å². The van der Waals surface area contributed by atoms with Crippen LogP contribution in [0.4, 0.5) is 11.8 Å². The Hall–Kier alpha value is -3.03. The number of hydrogen-bond donors (Lipinski definition) is 3. The number of nitrogens with two attached hydrogens (primary N) is 2. The predicted octanol–water partition coefficient (Wildman–Crippen LogP) is 0.412. The standard InChI is InChI=1S/C12H12N8/c13-10-9(11-17-19-20-18-11)8(15-12(14)16-10)6-7-4-2-1-3-5-7/h1-5H,6H2,(H4,13,14,15,16)(H,17,18,19,20). The summed E-state index contributed by atoms with van der Waals surface area (Å²) >= 11 is 0. The Morgan fingerprint density at radius 1 is 1.05 bits per heavy atom. The van der Waals surface area contributed by atoms with E-state index in [1.807, 2.05) is 30.3 Å². The SMILES string of the molecule is Nc1nc(N)c(-c2nn[nH]n2)c(Cc2ccccc2)n1. The van der Waals surface area contributed by atoms with E-state index in [2.05, 4.69) is 30.6 Å². The van der Waals surface area contributed by atoms with Crippen LogP contribution in [0, 0.1) is 0 Å². The van der Waals surface area contributed by atoms with Crippen LogP contribution < -0.4 is 11.5 Å². The Balaban J connectivity index is 2.09. The molecule has 0 saturated carbocycles. The average Bonchev–Trinajstić information content (AvgIpc) is 2.93. The summed E-state index contributed by atoms with van der Waals surface area (Å²) in [6.07, 6.45) is 0.557. The van der Waals surface area contributed by atoms with Gasteiger partial charge in [0.05, 0.1) is 11.3 Å². The van der Waals surface area contributed by atoms with Gasteiger partial charge in [-0.15, -0.1) is 10.2 Å². The Kier molecular flexibility index (Phi) is 2.96. The normalized spacial score (nSPS) is 10.6. The molecule has 0 fully saturated rings. The predicted molar refractivity (Wildman–Crippen MR) is 73.3 cm³/mol. The van der Waals surface area contributed by atoms with Gasteiger partial charge in [-0.25, -0.2) is 4.98 Å². The van der Waals surface area contributed by atoms with Crippen molar-refractivity contribution < 1.29 is 0 Å². The number of H-pyrrole nitrogens is 1. The lowest BCUT2D eigenvalue weighted by atomic mass is 10.1. The van der Waals surface area contributed by atoms with Crippen LogP contribution in [0.1, 0.15) is 11.3 Å². The van der Waals surface area contributed by atoms with Gasteiger partial charge < -0.3 is 11.5 Å². The highest BCUT2D eigenvalue weighted by Crippen LogP contribution is 2.26. The first-order valence-corrected chi connectivity index (χ1v) is 5.93. The lowest BCUT2D eigenvalue weighted by molar-refractivity contribution is 0.881. The first-order valence-electron chi connectivity index (χ1n) is 5.93. The van der Waals surface area contributed by atoms with Crippen molar-refractivity contribution in [2.24, 2.45) is 0 Å². The van der Waals surface area contributed by atoms with Gasteiger partial charge in [0.25, 0.3) is 0 Å². The molecule has 0 aliphatic heterocycles. The minimum absolute atomic E-state index is 0.126. The third-order valence-corrected chi connectivity index (χ3v) is 2.81. The summed E-state index contributed by atoms with van der Waals surface area (Å²) < 4.78 is 0. The molecular formula is C12H12N8. The number of tetrazole rings is 1. The van der Waals surface area contributed by atoms with Crippen molar-refractivity contribution in [2.75, 3.05) is 11.5 Å². The van der Waals surface area contributed by atoms with E-state index in [-0.39, 0.29) is 11.8 Å². The highest BCUT2D eigenvalue weighted by molar-refractivity contribution is 5.71. The van der Waals surface area contributed by atoms with Crippen molar-refractivity contribution >= 4 is 11.8 Å². The monoisotopic (exact) mass is 268 g/mol. The molecule has 0 spiro atoms. The molecule has 0 bridgehead atoms. The van der Waals surface area contributed by atoms with Crippen molar-refractivity contribution in [2.45, 2.75) is 6.42 Å². The van der Waals surface area contributed by atoms with Crippen LogP contribution in [-0.4, -0.2) is 30.6 Å². The van der Waals surface area contributed by atoms with Gasteiger partial charge in [-0.1, -0.05) is 30.3 Å². The molecule has 0 radical (unpaired) electrons. The van der Waals surface area contributed by atoms with Crippen molar-refractivity contribution in [3.8, 4) is 11.4 Å². The number of rotatable bonds is 3. The molecule has 1 aromatic carbocycles. The van der Waals surface area contributed by atoms with Gasteiger partial charge in [0, 0.05) is 6.42 Å². The summed E-state index contributed by atoms with van der Waals surface area (Å²) in [4.78, 5) is 8.20. The molecule has 8 heteroatoms. The molecule has 0 saturated heterocycles. The van der Waals surface area contributed by atoms with E-state index in [1.165, 1.54) is 0 Å². The lowest BCUT2D eigenvalue weighted by Crippen LogP contribution is -2.08. The molecule has 0 aliphatic carbocycles. The summed E-state index contributed by atoms with van der Waals surface area (Å²) in [5.74, 6) is 0.721. The maximum absolute atomic E-state index is 5.91. The largest absolute Gasteiger partial charge is 0.383 e. The molecule has 0 atom stereocenters. The molecule has 0 amide bonds. The minimum atomic E-state index is 0.126. The highest BCUT2D eigenvalue weighted by Gasteiger charge is 2.17. The number of nitrogens with one attached hydrogen (secondary N) is 1. The van der Waals surface area contributed by atoms with Crippen LogP contribution >= 0.6 is 0 Å². The van der Waals surface area contributed by atoms with Crippen molar-refractivity contribution in [1.29, 1.82) is 0 Å². The maximum Gasteiger partial charge on any atom is 0.222 e. The molecule has 3 rings (SSSR count). The quantitative estimate of drug-likeness (QED) is 0.626. The molecule has 2 heterocycles. The fourth-order valence-electron chi connectivity index (χ4n) is 1.97. The molecule has 100 valence electrons. The van der Waals surface area contributed by atoms with Gasteiger partial charge in [0.15, 0.2) is 0 Å². The van der Waals surface area contributed by atoms with Crippen LogP contribution in [0.5, 0.6) is 0 Å². The molecule has 3 aromatic rings. The number of anilines is 2. The number of nitrogen functional groups attached to an aromatic ring is 2. The van der Waals surface area contributed by atoms with E-state index in [9.17, 15) is 0 Å². The number of aromatic amines is 1. The summed E-state index contributed by atoms with van der Waals surface area (Å²) in [6.45, 7) is 0. The second-order valence-corrected chi connectivity index (χ2v) is 4.19. The summed E-state index contributed by atoms with van der Waals surface area (Å²) in [5, 5.41) is 13.8. The average molecular weight is 268 g/mol. The van der Waals surface area contributed by atoms with Crippen LogP contribution in [0.3, 0.4) is 0 Å². The first kappa shape index (κ1) is 12.0. The number of aromatic nitrogens is 6. The van der Waals surface area contributed by atoms with E-state index in [0.717, 1.165) is 5.56 Å². The van der Waals surface area contributed by atoms with Gasteiger partial charge in [-0.05, 0) is 10.8 Å².